The third-order valence-electron chi connectivity index (χ3n) is 3.59. The molecule has 6 heteroatoms. The van der Waals surface area contributed by atoms with E-state index in [0.717, 1.165) is 10.9 Å². The number of hydrogen-bond donors (Lipinski definition) is 3. The zero-order chi connectivity index (χ0) is 17.1. The van der Waals surface area contributed by atoms with E-state index in [1.807, 2.05) is 24.3 Å². The summed E-state index contributed by atoms with van der Waals surface area (Å²) in [6.07, 6.45) is 0.374. The van der Waals surface area contributed by atoms with Gasteiger partial charge in [0.25, 0.3) is 5.91 Å². The molecule has 0 aliphatic carbocycles. The van der Waals surface area contributed by atoms with Gasteiger partial charge in [-0.05, 0) is 30.3 Å². The molecule has 3 aromatic rings. The van der Waals surface area contributed by atoms with Gasteiger partial charge in [0.15, 0.2) is 0 Å². The summed E-state index contributed by atoms with van der Waals surface area (Å²) < 4.78 is 0. The molecule has 5 nitrogen and oxygen atoms in total. The minimum atomic E-state index is -0.299. The third kappa shape index (κ3) is 3.41. The maximum atomic E-state index is 12.4. The molecular formula is C18H16ClN3O2. The normalized spacial score (nSPS) is 10.6. The van der Waals surface area contributed by atoms with Crippen LogP contribution in [0.4, 0.5) is 11.4 Å². The number of nitrogens with one attached hydrogen (secondary N) is 3. The van der Waals surface area contributed by atoms with Crippen LogP contribution in [0, 0.1) is 0 Å². The first-order chi connectivity index (χ1) is 11.6. The Hall–Kier alpha value is -2.79. The van der Waals surface area contributed by atoms with Crippen LogP contribution in [-0.4, -0.2) is 16.8 Å². The van der Waals surface area contributed by atoms with E-state index in [-0.39, 0.29) is 11.8 Å². The maximum absolute atomic E-state index is 12.4. The molecule has 0 radical (unpaired) electrons. The average molecular weight is 342 g/mol. The predicted octanol–water partition coefficient (Wildman–Crippen LogP) is 4.42. The lowest BCUT2D eigenvalue weighted by Gasteiger charge is -2.09. The van der Waals surface area contributed by atoms with E-state index in [1.165, 1.54) is 0 Å². The number of hydrogen-bond acceptors (Lipinski definition) is 2. The summed E-state index contributed by atoms with van der Waals surface area (Å²) in [5.41, 5.74) is 2.35. The lowest BCUT2D eigenvalue weighted by molar-refractivity contribution is -0.115. The molecule has 3 rings (SSSR count). The van der Waals surface area contributed by atoms with Crippen molar-refractivity contribution in [1.29, 1.82) is 0 Å². The first-order valence-electron chi connectivity index (χ1n) is 7.55. The van der Waals surface area contributed by atoms with Crippen molar-refractivity contribution in [3.05, 3.63) is 59.2 Å². The number of carbonyl (C=O) groups excluding carboxylic acids is 2. The van der Waals surface area contributed by atoms with Gasteiger partial charge in [-0.25, -0.2) is 0 Å². The lowest BCUT2D eigenvalue weighted by atomic mass is 10.2. The second-order valence-corrected chi connectivity index (χ2v) is 5.73. The number of aromatic amines is 1. The molecule has 0 saturated heterocycles. The molecule has 24 heavy (non-hydrogen) atoms. The zero-order valence-electron chi connectivity index (χ0n) is 13.0. The van der Waals surface area contributed by atoms with Crippen LogP contribution in [0.1, 0.15) is 23.8 Å². The van der Waals surface area contributed by atoms with Gasteiger partial charge in [-0.3, -0.25) is 9.59 Å². The Balaban J connectivity index is 1.82. The Kier molecular flexibility index (Phi) is 4.53. The van der Waals surface area contributed by atoms with E-state index in [9.17, 15) is 9.59 Å². The summed E-state index contributed by atoms with van der Waals surface area (Å²) in [6.45, 7) is 1.77. The molecule has 122 valence electrons. The van der Waals surface area contributed by atoms with Gasteiger partial charge in [0.2, 0.25) is 5.91 Å². The summed E-state index contributed by atoms with van der Waals surface area (Å²) in [6, 6.07) is 14.4. The first kappa shape index (κ1) is 16.1. The fourth-order valence-electron chi connectivity index (χ4n) is 2.33. The molecule has 0 aliphatic heterocycles. The van der Waals surface area contributed by atoms with E-state index in [4.69, 9.17) is 11.6 Å². The van der Waals surface area contributed by atoms with E-state index in [1.54, 1.807) is 31.2 Å². The number of aromatic nitrogens is 1. The van der Waals surface area contributed by atoms with Crippen LogP contribution in [0.3, 0.4) is 0 Å². The quantitative estimate of drug-likeness (QED) is 0.657. The smallest absolute Gasteiger partial charge is 0.272 e. The molecule has 0 unspecified atom stereocenters. The van der Waals surface area contributed by atoms with Gasteiger partial charge in [-0.2, -0.15) is 0 Å². The summed E-state index contributed by atoms with van der Waals surface area (Å²) in [7, 11) is 0. The van der Waals surface area contributed by atoms with Crippen molar-refractivity contribution in [3.8, 4) is 0 Å². The number of carbonyl (C=O) groups is 2. The van der Waals surface area contributed by atoms with Gasteiger partial charge in [-0.1, -0.05) is 36.7 Å². The van der Waals surface area contributed by atoms with Crippen molar-refractivity contribution in [2.24, 2.45) is 0 Å². The molecule has 0 spiro atoms. The van der Waals surface area contributed by atoms with Gasteiger partial charge in [0.1, 0.15) is 5.69 Å². The highest BCUT2D eigenvalue weighted by molar-refractivity contribution is 6.34. The molecule has 1 heterocycles. The van der Waals surface area contributed by atoms with E-state index < -0.39 is 0 Å². The molecule has 0 saturated carbocycles. The number of halogens is 1. The van der Waals surface area contributed by atoms with E-state index >= 15 is 0 Å². The van der Waals surface area contributed by atoms with Gasteiger partial charge >= 0.3 is 0 Å². The van der Waals surface area contributed by atoms with Crippen LogP contribution in [0.2, 0.25) is 5.02 Å². The SMILES string of the molecule is CCC(=O)Nc1ccc(Cl)c(NC(=O)c2cc3ccccc3[nH]2)c1. The number of H-pyrrole nitrogens is 1. The average Bonchev–Trinajstić information content (AvgIpc) is 3.02. The van der Waals surface area contributed by atoms with Crippen LogP contribution in [0.15, 0.2) is 48.5 Å². The van der Waals surface area contributed by atoms with E-state index in [0.29, 0.717) is 28.5 Å². The van der Waals surface area contributed by atoms with Crippen molar-refractivity contribution >= 4 is 45.7 Å². The molecule has 0 aliphatic rings. The molecule has 3 N–H and O–H groups in total. The number of rotatable bonds is 4. The standard InChI is InChI=1S/C18H16ClN3O2/c1-2-17(23)20-12-7-8-13(19)15(10-12)22-18(24)16-9-11-5-3-4-6-14(11)21-16/h3-10,21H,2H2,1H3,(H,20,23)(H,22,24). The number of amides is 2. The molecule has 1 aromatic heterocycles. The van der Waals surface area contributed by atoms with Gasteiger partial charge in [0.05, 0.1) is 10.7 Å². The Morgan fingerprint density at radius 2 is 1.88 bits per heavy atom. The zero-order valence-corrected chi connectivity index (χ0v) is 13.8. The topological polar surface area (TPSA) is 74.0 Å². The second-order valence-electron chi connectivity index (χ2n) is 5.32. The molecule has 0 fully saturated rings. The Bertz CT molecular complexity index is 885. The molecule has 2 amide bonds. The highest BCUT2D eigenvalue weighted by Gasteiger charge is 2.12. The fraction of sp³-hybridized carbons (Fsp3) is 0.111. The third-order valence-corrected chi connectivity index (χ3v) is 3.92. The van der Waals surface area contributed by atoms with Crippen molar-refractivity contribution in [2.45, 2.75) is 13.3 Å². The second kappa shape index (κ2) is 6.76. The summed E-state index contributed by atoms with van der Waals surface area (Å²) in [5.74, 6) is -0.405. The first-order valence-corrected chi connectivity index (χ1v) is 7.93. The minimum absolute atomic E-state index is 0.106. The summed E-state index contributed by atoms with van der Waals surface area (Å²) in [5, 5.41) is 6.86. The maximum Gasteiger partial charge on any atom is 0.272 e. The molecule has 0 bridgehead atoms. The van der Waals surface area contributed by atoms with Crippen molar-refractivity contribution in [2.75, 3.05) is 10.6 Å². The highest BCUT2D eigenvalue weighted by atomic mass is 35.5. The van der Waals surface area contributed by atoms with Crippen molar-refractivity contribution in [3.63, 3.8) is 0 Å². The van der Waals surface area contributed by atoms with Gasteiger partial charge in [-0.15, -0.1) is 0 Å². The Morgan fingerprint density at radius 1 is 1.08 bits per heavy atom. The number of benzene rings is 2. The predicted molar refractivity (Wildman–Crippen MR) is 96.6 cm³/mol. The summed E-state index contributed by atoms with van der Waals surface area (Å²) >= 11 is 6.14. The Morgan fingerprint density at radius 3 is 2.62 bits per heavy atom. The number of para-hydroxylation sites is 1. The fourth-order valence-corrected chi connectivity index (χ4v) is 2.50. The van der Waals surface area contributed by atoms with Crippen LogP contribution < -0.4 is 10.6 Å². The van der Waals surface area contributed by atoms with Gasteiger partial charge < -0.3 is 15.6 Å². The minimum Gasteiger partial charge on any atom is -0.351 e. The highest BCUT2D eigenvalue weighted by Crippen LogP contribution is 2.26. The summed E-state index contributed by atoms with van der Waals surface area (Å²) in [4.78, 5) is 27.0. The van der Waals surface area contributed by atoms with Crippen LogP contribution in [0.25, 0.3) is 10.9 Å². The molecular weight excluding hydrogens is 326 g/mol. The van der Waals surface area contributed by atoms with E-state index in [2.05, 4.69) is 15.6 Å². The number of anilines is 2. The number of fused-ring (bicyclic) bond motifs is 1. The lowest BCUT2D eigenvalue weighted by Crippen LogP contribution is -2.14. The van der Waals surface area contributed by atoms with Crippen molar-refractivity contribution < 1.29 is 9.59 Å². The van der Waals surface area contributed by atoms with Crippen molar-refractivity contribution in [1.82, 2.24) is 4.98 Å². The van der Waals surface area contributed by atoms with Gasteiger partial charge in [0, 0.05) is 23.0 Å². The van der Waals surface area contributed by atoms with Crippen LogP contribution in [-0.2, 0) is 4.79 Å². The largest absolute Gasteiger partial charge is 0.351 e. The molecule has 0 atom stereocenters. The van der Waals surface area contributed by atoms with Crippen LogP contribution >= 0.6 is 11.6 Å². The Labute approximate surface area is 144 Å². The monoisotopic (exact) mass is 341 g/mol. The molecule has 2 aromatic carbocycles. The van der Waals surface area contributed by atoms with Crippen LogP contribution in [0.5, 0.6) is 0 Å².